The lowest BCUT2D eigenvalue weighted by Gasteiger charge is -2.07. The van der Waals surface area contributed by atoms with E-state index < -0.39 is 24.5 Å². The first-order valence-electron chi connectivity index (χ1n) is 7.55. The smallest absolute Gasteiger partial charge is 0.338 e. The Labute approximate surface area is 152 Å². The van der Waals surface area contributed by atoms with Crippen molar-refractivity contribution in [2.75, 3.05) is 19.0 Å². The number of methoxy groups -OCH3 is 1. The molecule has 0 saturated carbocycles. The number of hydrogen-bond acceptors (Lipinski definition) is 7. The zero-order chi connectivity index (χ0) is 18.5. The number of anilines is 1. The van der Waals surface area contributed by atoms with Crippen molar-refractivity contribution < 1.29 is 23.9 Å². The average molecular weight is 370 g/mol. The van der Waals surface area contributed by atoms with Crippen molar-refractivity contribution >= 4 is 45.1 Å². The number of nitrogens with zero attached hydrogens (tertiary/aromatic N) is 1. The summed E-state index contributed by atoms with van der Waals surface area (Å²) in [5, 5.41) is 2.58. The van der Waals surface area contributed by atoms with E-state index in [0.29, 0.717) is 16.8 Å². The number of hydrogen-bond donors (Lipinski definition) is 1. The number of benzene rings is 2. The summed E-state index contributed by atoms with van der Waals surface area (Å²) in [6, 6.07) is 11.2. The summed E-state index contributed by atoms with van der Waals surface area (Å²) in [6.45, 7) is -0.418. The second kappa shape index (κ2) is 7.75. The van der Waals surface area contributed by atoms with E-state index in [0.717, 1.165) is 10.2 Å². The predicted octanol–water partition coefficient (Wildman–Crippen LogP) is 2.88. The lowest BCUT2D eigenvalue weighted by Crippen LogP contribution is -2.21. The lowest BCUT2D eigenvalue weighted by atomic mass is 10.2. The molecular formula is C18H14N2O5S. The van der Waals surface area contributed by atoms with Crippen LogP contribution in [0, 0.1) is 0 Å². The van der Waals surface area contributed by atoms with E-state index in [1.807, 2.05) is 0 Å². The summed E-state index contributed by atoms with van der Waals surface area (Å²) in [7, 11) is 1.29. The number of ether oxygens (including phenoxy) is 2. The standard InChI is InChI=1S/C18H14N2O5S/c1-24-17(22)11-2-5-13(6-3-11)20-16(21)9-25-18(23)12-4-7-14-15(8-12)26-10-19-14/h2-8,10H,9H2,1H3,(H,20,21). The number of rotatable bonds is 5. The molecule has 3 rings (SSSR count). The van der Waals surface area contributed by atoms with Gasteiger partial charge in [-0.2, -0.15) is 0 Å². The van der Waals surface area contributed by atoms with Gasteiger partial charge in [0.15, 0.2) is 6.61 Å². The second-order valence-electron chi connectivity index (χ2n) is 5.23. The van der Waals surface area contributed by atoms with E-state index in [9.17, 15) is 14.4 Å². The monoisotopic (exact) mass is 370 g/mol. The highest BCUT2D eigenvalue weighted by Crippen LogP contribution is 2.19. The minimum Gasteiger partial charge on any atom is -0.465 e. The summed E-state index contributed by atoms with van der Waals surface area (Å²) in [6.07, 6.45) is 0. The van der Waals surface area contributed by atoms with Crippen molar-refractivity contribution in [2.45, 2.75) is 0 Å². The highest BCUT2D eigenvalue weighted by Gasteiger charge is 2.12. The van der Waals surface area contributed by atoms with Crippen molar-refractivity contribution in [1.29, 1.82) is 0 Å². The maximum Gasteiger partial charge on any atom is 0.338 e. The molecule has 7 nitrogen and oxygen atoms in total. The molecule has 2 aromatic carbocycles. The van der Waals surface area contributed by atoms with Crippen LogP contribution in [0.1, 0.15) is 20.7 Å². The van der Waals surface area contributed by atoms with Crippen LogP contribution in [-0.4, -0.2) is 36.5 Å². The predicted molar refractivity (Wildman–Crippen MR) is 96.3 cm³/mol. The Kier molecular flexibility index (Phi) is 5.23. The number of carbonyl (C=O) groups is 3. The summed E-state index contributed by atoms with van der Waals surface area (Å²) in [5.74, 6) is -1.53. The van der Waals surface area contributed by atoms with Gasteiger partial charge in [-0.3, -0.25) is 4.79 Å². The molecule has 0 saturated heterocycles. The van der Waals surface area contributed by atoms with Crippen LogP contribution >= 0.6 is 11.3 Å². The zero-order valence-electron chi connectivity index (χ0n) is 13.7. The van der Waals surface area contributed by atoms with Gasteiger partial charge in [0.25, 0.3) is 5.91 Å². The first kappa shape index (κ1) is 17.6. The lowest BCUT2D eigenvalue weighted by molar-refractivity contribution is -0.119. The molecule has 26 heavy (non-hydrogen) atoms. The topological polar surface area (TPSA) is 94.6 Å². The van der Waals surface area contributed by atoms with Crippen LogP contribution in [0.4, 0.5) is 5.69 Å². The van der Waals surface area contributed by atoms with Crippen molar-refractivity contribution in [1.82, 2.24) is 4.98 Å². The molecule has 0 radical (unpaired) electrons. The molecule has 0 unspecified atom stereocenters. The number of thiazole rings is 1. The quantitative estimate of drug-likeness (QED) is 0.694. The Morgan fingerprint density at radius 2 is 1.77 bits per heavy atom. The summed E-state index contributed by atoms with van der Waals surface area (Å²) in [4.78, 5) is 39.4. The number of esters is 2. The van der Waals surface area contributed by atoms with E-state index in [1.165, 1.54) is 30.6 Å². The Balaban J connectivity index is 1.54. The fourth-order valence-electron chi connectivity index (χ4n) is 2.20. The summed E-state index contributed by atoms with van der Waals surface area (Å²) in [5.41, 5.74) is 3.70. The zero-order valence-corrected chi connectivity index (χ0v) is 14.5. The molecule has 0 bridgehead atoms. The minimum atomic E-state index is -0.587. The van der Waals surface area contributed by atoms with Crippen molar-refractivity contribution in [3.8, 4) is 0 Å². The molecule has 1 aromatic heterocycles. The molecule has 0 aliphatic heterocycles. The first-order valence-corrected chi connectivity index (χ1v) is 8.43. The molecule has 3 aromatic rings. The van der Waals surface area contributed by atoms with Crippen LogP contribution in [0.3, 0.4) is 0 Å². The third kappa shape index (κ3) is 4.04. The molecule has 132 valence electrons. The van der Waals surface area contributed by atoms with Crippen LogP contribution in [0.25, 0.3) is 10.2 Å². The van der Waals surface area contributed by atoms with Crippen LogP contribution in [0.5, 0.6) is 0 Å². The van der Waals surface area contributed by atoms with Crippen molar-refractivity contribution in [3.05, 3.63) is 59.1 Å². The highest BCUT2D eigenvalue weighted by molar-refractivity contribution is 7.16. The van der Waals surface area contributed by atoms with Gasteiger partial charge in [-0.05, 0) is 42.5 Å². The Morgan fingerprint density at radius 3 is 2.50 bits per heavy atom. The maximum absolute atomic E-state index is 12.1. The van der Waals surface area contributed by atoms with Gasteiger partial charge in [-0.25, -0.2) is 14.6 Å². The van der Waals surface area contributed by atoms with Gasteiger partial charge in [-0.1, -0.05) is 0 Å². The Bertz CT molecular complexity index is 965. The molecule has 0 aliphatic rings. The SMILES string of the molecule is COC(=O)c1ccc(NC(=O)COC(=O)c2ccc3ncsc3c2)cc1. The van der Waals surface area contributed by atoms with Crippen molar-refractivity contribution in [2.24, 2.45) is 0 Å². The van der Waals surface area contributed by atoms with Gasteiger partial charge in [0.2, 0.25) is 0 Å². The van der Waals surface area contributed by atoms with E-state index in [-0.39, 0.29) is 0 Å². The Morgan fingerprint density at radius 1 is 1.04 bits per heavy atom. The average Bonchev–Trinajstić information content (AvgIpc) is 3.13. The molecule has 1 heterocycles. The molecule has 0 fully saturated rings. The van der Waals surface area contributed by atoms with Crippen LogP contribution < -0.4 is 5.32 Å². The van der Waals surface area contributed by atoms with E-state index in [4.69, 9.17) is 4.74 Å². The maximum atomic E-state index is 12.1. The van der Waals surface area contributed by atoms with E-state index >= 15 is 0 Å². The molecule has 1 N–H and O–H groups in total. The van der Waals surface area contributed by atoms with E-state index in [2.05, 4.69) is 15.0 Å². The summed E-state index contributed by atoms with van der Waals surface area (Å²) >= 11 is 1.42. The van der Waals surface area contributed by atoms with Gasteiger partial charge in [-0.15, -0.1) is 11.3 Å². The van der Waals surface area contributed by atoms with E-state index in [1.54, 1.807) is 35.8 Å². The second-order valence-corrected chi connectivity index (χ2v) is 6.11. The van der Waals surface area contributed by atoms with Gasteiger partial charge in [0.1, 0.15) is 0 Å². The molecule has 0 atom stereocenters. The number of nitrogens with one attached hydrogen (secondary N) is 1. The van der Waals surface area contributed by atoms with Crippen molar-refractivity contribution in [3.63, 3.8) is 0 Å². The molecular weight excluding hydrogens is 356 g/mol. The third-order valence-electron chi connectivity index (χ3n) is 3.49. The van der Waals surface area contributed by atoms with Gasteiger partial charge in [0.05, 0.1) is 34.0 Å². The number of amides is 1. The molecule has 1 amide bonds. The summed E-state index contributed by atoms with van der Waals surface area (Å²) < 4.78 is 10.5. The number of fused-ring (bicyclic) bond motifs is 1. The minimum absolute atomic E-state index is 0.358. The molecule has 0 aliphatic carbocycles. The molecule has 8 heteroatoms. The first-order chi connectivity index (χ1) is 12.6. The Hall–Kier alpha value is -3.26. The van der Waals surface area contributed by atoms with Gasteiger partial charge >= 0.3 is 11.9 Å². The number of aromatic nitrogens is 1. The highest BCUT2D eigenvalue weighted by atomic mass is 32.1. The fraction of sp³-hybridized carbons (Fsp3) is 0.111. The van der Waals surface area contributed by atoms with Gasteiger partial charge < -0.3 is 14.8 Å². The number of carbonyl (C=O) groups excluding carboxylic acids is 3. The fourth-order valence-corrected chi connectivity index (χ4v) is 2.92. The normalized spacial score (nSPS) is 10.3. The van der Waals surface area contributed by atoms with Gasteiger partial charge in [0, 0.05) is 5.69 Å². The van der Waals surface area contributed by atoms with Crippen LogP contribution in [-0.2, 0) is 14.3 Å². The molecule has 0 spiro atoms. The largest absolute Gasteiger partial charge is 0.465 e. The van der Waals surface area contributed by atoms with Crippen LogP contribution in [0.15, 0.2) is 48.0 Å². The third-order valence-corrected chi connectivity index (χ3v) is 4.28. The van der Waals surface area contributed by atoms with Crippen LogP contribution in [0.2, 0.25) is 0 Å².